The number of benzene rings is 1. The quantitative estimate of drug-likeness (QED) is 0.336. The second-order valence-corrected chi connectivity index (χ2v) is 6.29. The van der Waals surface area contributed by atoms with E-state index in [1.165, 1.54) is 18.2 Å². The number of hydrogen-bond donors (Lipinski definition) is 3. The van der Waals surface area contributed by atoms with Crippen molar-refractivity contribution in [3.63, 3.8) is 0 Å². The van der Waals surface area contributed by atoms with Gasteiger partial charge in [-0.1, -0.05) is 12.1 Å². The first kappa shape index (κ1) is 16.5. The van der Waals surface area contributed by atoms with Crippen LogP contribution in [0.1, 0.15) is 6.42 Å². The summed E-state index contributed by atoms with van der Waals surface area (Å²) in [6.07, 6.45) is 0.693. The molecule has 20 heavy (non-hydrogen) atoms. The molecule has 1 aromatic rings. The van der Waals surface area contributed by atoms with Crippen molar-refractivity contribution in [3.05, 3.63) is 34.4 Å². The van der Waals surface area contributed by atoms with Gasteiger partial charge >= 0.3 is 0 Å². The minimum absolute atomic E-state index is 0.00832. The first-order valence-corrected chi connectivity index (χ1v) is 7.59. The molecule has 9 heteroatoms. The number of rotatable bonds is 8. The van der Waals surface area contributed by atoms with Gasteiger partial charge in [0, 0.05) is 12.6 Å². The van der Waals surface area contributed by atoms with Crippen LogP contribution in [-0.2, 0) is 9.84 Å². The van der Waals surface area contributed by atoms with E-state index in [9.17, 15) is 18.5 Å². The van der Waals surface area contributed by atoms with Gasteiger partial charge in [-0.25, -0.2) is 8.42 Å². The van der Waals surface area contributed by atoms with Gasteiger partial charge in [0.25, 0.3) is 5.69 Å². The molecular weight excluding hydrogens is 284 g/mol. The van der Waals surface area contributed by atoms with Crippen molar-refractivity contribution in [2.45, 2.75) is 16.7 Å². The summed E-state index contributed by atoms with van der Waals surface area (Å²) in [6.45, 7) is 1.03. The number of hydrogen-bond acceptors (Lipinski definition) is 7. The predicted octanol–water partition coefficient (Wildman–Crippen LogP) is -0.408. The van der Waals surface area contributed by atoms with Gasteiger partial charge in [-0.15, -0.1) is 0 Å². The van der Waals surface area contributed by atoms with Gasteiger partial charge in [0.1, 0.15) is 10.3 Å². The molecule has 0 aromatic heterocycles. The van der Waals surface area contributed by atoms with Crippen LogP contribution < -0.4 is 16.8 Å². The maximum atomic E-state index is 12.2. The Balaban J connectivity index is 2.90. The second kappa shape index (κ2) is 7.29. The summed E-state index contributed by atoms with van der Waals surface area (Å²) in [7, 11) is -3.96. The highest BCUT2D eigenvalue weighted by atomic mass is 32.2. The minimum atomic E-state index is -3.96. The molecule has 1 unspecified atom stereocenters. The molecule has 0 aliphatic heterocycles. The molecule has 0 amide bonds. The molecule has 1 aromatic carbocycles. The highest BCUT2D eigenvalue weighted by Crippen LogP contribution is 2.25. The predicted molar refractivity (Wildman–Crippen MR) is 74.8 cm³/mol. The van der Waals surface area contributed by atoms with Crippen molar-refractivity contribution in [1.82, 2.24) is 5.32 Å². The smallest absolute Gasteiger partial charge is 0.288 e. The second-order valence-electron chi connectivity index (χ2n) is 4.15. The Kier molecular flexibility index (Phi) is 6.02. The molecule has 0 radical (unpaired) electrons. The van der Waals surface area contributed by atoms with Crippen LogP contribution in [0.5, 0.6) is 0 Å². The van der Waals surface area contributed by atoms with E-state index in [0.717, 1.165) is 6.07 Å². The number of nitrogens with zero attached hydrogens (tertiary/aromatic N) is 1. The average Bonchev–Trinajstić information content (AvgIpc) is 2.43. The van der Waals surface area contributed by atoms with E-state index in [0.29, 0.717) is 19.5 Å². The van der Waals surface area contributed by atoms with Gasteiger partial charge in [0.2, 0.25) is 9.84 Å². The Morgan fingerprint density at radius 3 is 2.60 bits per heavy atom. The molecular formula is C11H18N4O4S. The molecule has 112 valence electrons. The van der Waals surface area contributed by atoms with Crippen LogP contribution >= 0.6 is 0 Å². The van der Waals surface area contributed by atoms with E-state index in [4.69, 9.17) is 11.5 Å². The Bertz CT molecular complexity index is 561. The molecule has 1 rings (SSSR count). The summed E-state index contributed by atoms with van der Waals surface area (Å²) < 4.78 is 24.5. The zero-order chi connectivity index (χ0) is 15.2. The third kappa shape index (κ3) is 3.97. The van der Waals surface area contributed by atoms with Crippen molar-refractivity contribution in [2.75, 3.05) is 19.6 Å². The highest BCUT2D eigenvalue weighted by Gasteiger charge is 2.30. The topological polar surface area (TPSA) is 141 Å². The molecule has 0 saturated carbocycles. The lowest BCUT2D eigenvalue weighted by Gasteiger charge is -2.13. The number of nitro benzene ring substituents is 1. The van der Waals surface area contributed by atoms with Crippen LogP contribution in [0, 0.1) is 10.1 Å². The molecule has 0 spiro atoms. The monoisotopic (exact) mass is 302 g/mol. The van der Waals surface area contributed by atoms with Crippen molar-refractivity contribution >= 4 is 15.5 Å². The van der Waals surface area contributed by atoms with Crippen LogP contribution in [0.15, 0.2) is 29.2 Å². The molecule has 0 fully saturated rings. The molecule has 1 atom stereocenters. The normalized spacial score (nSPS) is 13.1. The lowest BCUT2D eigenvalue weighted by Crippen LogP contribution is -2.41. The van der Waals surface area contributed by atoms with E-state index in [2.05, 4.69) is 5.32 Å². The van der Waals surface area contributed by atoms with Gasteiger partial charge in [-0.3, -0.25) is 10.1 Å². The van der Waals surface area contributed by atoms with Crippen LogP contribution in [0.25, 0.3) is 0 Å². The molecule has 0 aliphatic carbocycles. The third-order valence-corrected chi connectivity index (χ3v) is 4.59. The summed E-state index contributed by atoms with van der Waals surface area (Å²) in [5.74, 6) is 0. The third-order valence-electron chi connectivity index (χ3n) is 2.67. The zero-order valence-electron chi connectivity index (χ0n) is 10.9. The average molecular weight is 302 g/mol. The summed E-state index contributed by atoms with van der Waals surface area (Å²) in [5, 5.41) is 12.5. The maximum absolute atomic E-state index is 12.2. The zero-order valence-corrected chi connectivity index (χ0v) is 11.7. The van der Waals surface area contributed by atoms with Crippen LogP contribution in [0.2, 0.25) is 0 Å². The Morgan fingerprint density at radius 2 is 2.00 bits per heavy atom. The fraction of sp³-hybridized carbons (Fsp3) is 0.455. The summed E-state index contributed by atoms with van der Waals surface area (Å²) in [6, 6.07) is 5.16. The fourth-order valence-corrected chi connectivity index (χ4v) is 2.96. The van der Waals surface area contributed by atoms with Crippen molar-refractivity contribution in [2.24, 2.45) is 11.5 Å². The standard InChI is InChI=1S/C11H18N4O4S/c12-6-3-7-14-8-11(13)20(18,19)10-5-2-1-4-9(10)15(16)17/h1-2,4-5,11,14H,3,6-8,12-13H2. The first-order valence-electron chi connectivity index (χ1n) is 6.05. The molecule has 8 nitrogen and oxygen atoms in total. The molecule has 5 N–H and O–H groups in total. The molecule has 0 aliphatic rings. The van der Waals surface area contributed by atoms with Gasteiger partial charge in [0.05, 0.1) is 4.92 Å². The van der Waals surface area contributed by atoms with Crippen molar-refractivity contribution in [1.29, 1.82) is 0 Å². The van der Waals surface area contributed by atoms with E-state index in [-0.39, 0.29) is 11.4 Å². The van der Waals surface area contributed by atoms with Crippen molar-refractivity contribution in [3.8, 4) is 0 Å². The molecule has 0 saturated heterocycles. The number of nitrogens with two attached hydrogens (primary N) is 2. The minimum Gasteiger partial charge on any atom is -0.330 e. The summed E-state index contributed by atoms with van der Waals surface area (Å²) in [4.78, 5) is 9.76. The van der Waals surface area contributed by atoms with Gasteiger partial charge < -0.3 is 16.8 Å². The largest absolute Gasteiger partial charge is 0.330 e. The number of para-hydroxylation sites is 1. The molecule has 0 bridgehead atoms. The first-order chi connectivity index (χ1) is 9.41. The lowest BCUT2D eigenvalue weighted by atomic mass is 10.3. The Morgan fingerprint density at radius 1 is 1.35 bits per heavy atom. The van der Waals surface area contributed by atoms with Crippen LogP contribution in [0.3, 0.4) is 0 Å². The van der Waals surface area contributed by atoms with E-state index >= 15 is 0 Å². The summed E-state index contributed by atoms with van der Waals surface area (Å²) in [5.41, 5.74) is 10.5. The Hall–Kier alpha value is -1.55. The van der Waals surface area contributed by atoms with Gasteiger partial charge in [-0.2, -0.15) is 0 Å². The number of nitrogens with one attached hydrogen (secondary N) is 1. The number of sulfone groups is 1. The summed E-state index contributed by atoms with van der Waals surface area (Å²) >= 11 is 0. The maximum Gasteiger partial charge on any atom is 0.288 e. The SMILES string of the molecule is NCCCNCC(N)S(=O)(=O)c1ccccc1[N+](=O)[O-]. The Labute approximate surface area is 117 Å². The highest BCUT2D eigenvalue weighted by molar-refractivity contribution is 7.92. The van der Waals surface area contributed by atoms with Crippen LogP contribution in [0.4, 0.5) is 5.69 Å². The van der Waals surface area contributed by atoms with E-state index < -0.39 is 25.8 Å². The lowest BCUT2D eigenvalue weighted by molar-refractivity contribution is -0.387. The van der Waals surface area contributed by atoms with E-state index in [1.807, 2.05) is 0 Å². The van der Waals surface area contributed by atoms with Gasteiger partial charge in [0.15, 0.2) is 0 Å². The number of nitro groups is 1. The van der Waals surface area contributed by atoms with Crippen LogP contribution in [-0.4, -0.2) is 38.3 Å². The van der Waals surface area contributed by atoms with E-state index in [1.54, 1.807) is 0 Å². The van der Waals surface area contributed by atoms with Crippen molar-refractivity contribution < 1.29 is 13.3 Å². The molecule has 0 heterocycles. The fourth-order valence-electron chi connectivity index (χ4n) is 1.59. The van der Waals surface area contributed by atoms with Gasteiger partial charge in [-0.05, 0) is 25.6 Å².